The van der Waals surface area contributed by atoms with E-state index in [-0.39, 0.29) is 13.5 Å². The van der Waals surface area contributed by atoms with Gasteiger partial charge in [0.15, 0.2) is 6.10 Å². The van der Waals surface area contributed by atoms with Crippen LogP contribution < -0.4 is 0 Å². The molecule has 0 rings (SSSR count). The van der Waals surface area contributed by atoms with Crippen LogP contribution in [0.2, 0.25) is 0 Å². The summed E-state index contributed by atoms with van der Waals surface area (Å²) in [4.78, 5) is 9.81. The summed E-state index contributed by atoms with van der Waals surface area (Å²) in [6, 6.07) is 0. The van der Waals surface area contributed by atoms with Crippen molar-refractivity contribution in [2.45, 2.75) is 13.0 Å². The normalized spacial score (nSPS) is 11.8. The molecule has 0 aliphatic heterocycles. The van der Waals surface area contributed by atoms with Gasteiger partial charge in [-0.3, -0.25) is 0 Å². The predicted octanol–water partition coefficient (Wildman–Crippen LogP) is 0.219. The maximum Gasteiger partial charge on any atom is 0.332 e. The van der Waals surface area contributed by atoms with E-state index in [1.165, 1.54) is 14.0 Å². The SMILES string of the molecule is CO[C@@H](C)C(=O)O.S. The summed E-state index contributed by atoms with van der Waals surface area (Å²) >= 11 is 0. The van der Waals surface area contributed by atoms with Gasteiger partial charge in [-0.15, -0.1) is 0 Å². The van der Waals surface area contributed by atoms with Crippen LogP contribution in [0.1, 0.15) is 6.92 Å². The fourth-order valence-corrected chi connectivity index (χ4v) is 0.101. The molecule has 0 fully saturated rings. The molecule has 0 aromatic heterocycles. The molecule has 0 aromatic rings. The quantitative estimate of drug-likeness (QED) is 0.593. The number of hydrogen-bond acceptors (Lipinski definition) is 2. The first-order valence-corrected chi connectivity index (χ1v) is 1.94. The second-order valence-corrected chi connectivity index (χ2v) is 1.22. The van der Waals surface area contributed by atoms with Crippen molar-refractivity contribution in [3.63, 3.8) is 0 Å². The van der Waals surface area contributed by atoms with Gasteiger partial charge in [0.2, 0.25) is 0 Å². The molecule has 0 aromatic carbocycles. The molecule has 50 valence electrons. The molecular formula is C4H10O3S. The lowest BCUT2D eigenvalue weighted by Crippen LogP contribution is -2.17. The highest BCUT2D eigenvalue weighted by atomic mass is 32.1. The molecule has 0 heterocycles. The molecule has 0 aliphatic rings. The summed E-state index contributed by atoms with van der Waals surface area (Å²) in [5, 5.41) is 8.06. The molecule has 0 bridgehead atoms. The van der Waals surface area contributed by atoms with Crippen molar-refractivity contribution in [2.75, 3.05) is 7.11 Å². The van der Waals surface area contributed by atoms with Crippen molar-refractivity contribution in [3.8, 4) is 0 Å². The van der Waals surface area contributed by atoms with Gasteiger partial charge in [-0.05, 0) is 6.92 Å². The number of aliphatic carboxylic acids is 1. The Morgan fingerprint density at radius 2 is 2.12 bits per heavy atom. The number of carbonyl (C=O) groups is 1. The zero-order valence-electron chi connectivity index (χ0n) is 4.84. The van der Waals surface area contributed by atoms with E-state index in [4.69, 9.17) is 5.11 Å². The average molecular weight is 138 g/mol. The van der Waals surface area contributed by atoms with Crippen molar-refractivity contribution in [2.24, 2.45) is 0 Å². The number of methoxy groups -OCH3 is 1. The minimum absolute atomic E-state index is 0. The van der Waals surface area contributed by atoms with Crippen LogP contribution in [0.4, 0.5) is 0 Å². The van der Waals surface area contributed by atoms with Crippen LogP contribution in [-0.4, -0.2) is 24.3 Å². The first kappa shape index (κ1) is 10.7. The molecule has 0 amide bonds. The van der Waals surface area contributed by atoms with Crippen molar-refractivity contribution >= 4 is 19.5 Å². The van der Waals surface area contributed by atoms with Crippen LogP contribution in [0.5, 0.6) is 0 Å². The summed E-state index contributed by atoms with van der Waals surface area (Å²) in [6.45, 7) is 1.47. The number of ether oxygens (including phenoxy) is 1. The zero-order valence-corrected chi connectivity index (χ0v) is 5.84. The summed E-state index contributed by atoms with van der Waals surface area (Å²) in [5.74, 6) is -0.928. The Kier molecular flexibility index (Phi) is 6.59. The van der Waals surface area contributed by atoms with Crippen LogP contribution >= 0.6 is 13.5 Å². The molecule has 0 radical (unpaired) electrons. The van der Waals surface area contributed by atoms with E-state index in [1.54, 1.807) is 0 Å². The molecule has 8 heavy (non-hydrogen) atoms. The molecule has 4 heteroatoms. The van der Waals surface area contributed by atoms with E-state index in [2.05, 4.69) is 4.74 Å². The van der Waals surface area contributed by atoms with Gasteiger partial charge in [-0.25, -0.2) is 4.79 Å². The maximum absolute atomic E-state index is 9.81. The van der Waals surface area contributed by atoms with Crippen LogP contribution in [-0.2, 0) is 9.53 Å². The average Bonchev–Trinajstić information content (AvgIpc) is 1.65. The zero-order chi connectivity index (χ0) is 5.86. The van der Waals surface area contributed by atoms with E-state index < -0.39 is 12.1 Å². The van der Waals surface area contributed by atoms with Gasteiger partial charge in [0.1, 0.15) is 0 Å². The van der Waals surface area contributed by atoms with E-state index in [1.807, 2.05) is 0 Å². The van der Waals surface area contributed by atoms with Gasteiger partial charge < -0.3 is 9.84 Å². The van der Waals surface area contributed by atoms with Crippen molar-refractivity contribution in [1.82, 2.24) is 0 Å². The second-order valence-electron chi connectivity index (χ2n) is 1.22. The van der Waals surface area contributed by atoms with Crippen molar-refractivity contribution in [3.05, 3.63) is 0 Å². The molecule has 3 nitrogen and oxygen atoms in total. The van der Waals surface area contributed by atoms with Crippen LogP contribution in [0.3, 0.4) is 0 Å². The molecule has 1 atom stereocenters. The fourth-order valence-electron chi connectivity index (χ4n) is 0.101. The molecule has 0 spiro atoms. The standard InChI is InChI=1S/C4H8O3.H2S/c1-3(7-2)4(5)6;/h3H,1-2H3,(H,5,6);1H2/t3-;/m0./s1. The fraction of sp³-hybridized carbons (Fsp3) is 0.750. The Balaban J connectivity index is 0. The highest BCUT2D eigenvalue weighted by molar-refractivity contribution is 7.59. The van der Waals surface area contributed by atoms with E-state index in [0.717, 1.165) is 0 Å². The molecule has 1 N–H and O–H groups in total. The first-order chi connectivity index (χ1) is 3.18. The highest BCUT2D eigenvalue weighted by Gasteiger charge is 2.06. The molecule has 0 saturated carbocycles. The largest absolute Gasteiger partial charge is 0.479 e. The van der Waals surface area contributed by atoms with E-state index in [0.29, 0.717) is 0 Å². The van der Waals surface area contributed by atoms with Crippen molar-refractivity contribution in [1.29, 1.82) is 0 Å². The monoisotopic (exact) mass is 138 g/mol. The van der Waals surface area contributed by atoms with Crippen molar-refractivity contribution < 1.29 is 14.6 Å². The second kappa shape index (κ2) is 4.93. The van der Waals surface area contributed by atoms with Crippen LogP contribution in [0, 0.1) is 0 Å². The third-order valence-corrected chi connectivity index (χ3v) is 0.701. The molecule has 0 aliphatic carbocycles. The summed E-state index contributed by atoms with van der Waals surface area (Å²) < 4.78 is 4.41. The number of rotatable bonds is 2. The topological polar surface area (TPSA) is 46.5 Å². The lowest BCUT2D eigenvalue weighted by Gasteiger charge is -1.98. The minimum atomic E-state index is -0.928. The maximum atomic E-state index is 9.81. The summed E-state index contributed by atoms with van der Waals surface area (Å²) in [7, 11) is 1.36. The van der Waals surface area contributed by atoms with Gasteiger partial charge in [0.25, 0.3) is 0 Å². The minimum Gasteiger partial charge on any atom is -0.479 e. The van der Waals surface area contributed by atoms with Gasteiger partial charge >= 0.3 is 5.97 Å². The molecule has 0 unspecified atom stereocenters. The van der Waals surface area contributed by atoms with Gasteiger partial charge in [0, 0.05) is 7.11 Å². The third-order valence-electron chi connectivity index (χ3n) is 0.701. The summed E-state index contributed by atoms with van der Waals surface area (Å²) in [5.41, 5.74) is 0. The van der Waals surface area contributed by atoms with Crippen LogP contribution in [0.25, 0.3) is 0 Å². The first-order valence-electron chi connectivity index (χ1n) is 1.94. The Morgan fingerprint density at radius 3 is 2.12 bits per heavy atom. The lowest BCUT2D eigenvalue weighted by molar-refractivity contribution is -0.147. The van der Waals surface area contributed by atoms with Gasteiger partial charge in [-0.1, -0.05) is 0 Å². The Labute approximate surface area is 55.1 Å². The number of hydrogen-bond donors (Lipinski definition) is 1. The van der Waals surface area contributed by atoms with E-state index in [9.17, 15) is 4.79 Å². The summed E-state index contributed by atoms with van der Waals surface area (Å²) in [6.07, 6.45) is -0.681. The smallest absolute Gasteiger partial charge is 0.332 e. The lowest BCUT2D eigenvalue weighted by atomic mass is 10.4. The molecule has 0 saturated heterocycles. The van der Waals surface area contributed by atoms with E-state index >= 15 is 0 Å². The molecular weight excluding hydrogens is 128 g/mol. The number of carboxylic acid groups (broad SMARTS) is 1. The Morgan fingerprint density at radius 1 is 1.75 bits per heavy atom. The Bertz CT molecular complexity index is 73.7. The predicted molar refractivity (Wildman–Crippen MR) is 34.5 cm³/mol. The van der Waals surface area contributed by atoms with Gasteiger partial charge in [0.05, 0.1) is 0 Å². The number of carboxylic acids is 1. The van der Waals surface area contributed by atoms with Crippen LogP contribution in [0.15, 0.2) is 0 Å². The van der Waals surface area contributed by atoms with Gasteiger partial charge in [-0.2, -0.15) is 13.5 Å². The third kappa shape index (κ3) is 3.95. The Hall–Kier alpha value is -0.220. The highest BCUT2D eigenvalue weighted by Crippen LogP contribution is 1.83.